The zero-order valence-corrected chi connectivity index (χ0v) is 24.0. The SMILES string of the molecule is Cc1csc(=NC(=O)CCc2ccc(-c3ncn(-c4ccc(OC(F)(F)F)cc4)n3)cc2)n1-c1ccccc1C(C)C. The van der Waals surface area contributed by atoms with Gasteiger partial charge in [-0.1, -0.05) is 56.3 Å². The molecule has 0 saturated carbocycles. The number of hydrogen-bond acceptors (Lipinski definition) is 5. The predicted molar refractivity (Wildman–Crippen MR) is 155 cm³/mol. The molecule has 3 aromatic carbocycles. The van der Waals surface area contributed by atoms with E-state index >= 15 is 0 Å². The molecule has 0 aliphatic heterocycles. The number of alkyl halides is 3. The number of thiazole rings is 1. The van der Waals surface area contributed by atoms with Crippen molar-refractivity contribution in [2.75, 3.05) is 0 Å². The van der Waals surface area contributed by atoms with Crippen LogP contribution >= 0.6 is 11.3 Å². The molecule has 0 spiro atoms. The molecule has 2 aromatic heterocycles. The van der Waals surface area contributed by atoms with Gasteiger partial charge in [0.15, 0.2) is 10.6 Å². The minimum Gasteiger partial charge on any atom is -0.406 e. The van der Waals surface area contributed by atoms with E-state index in [4.69, 9.17) is 0 Å². The second-order valence-corrected chi connectivity index (χ2v) is 10.8. The van der Waals surface area contributed by atoms with Gasteiger partial charge in [0.25, 0.3) is 0 Å². The third kappa shape index (κ3) is 6.85. The number of ether oxygens (including phenoxy) is 1. The second-order valence-electron chi connectivity index (χ2n) is 9.97. The molecule has 7 nitrogen and oxygen atoms in total. The zero-order valence-electron chi connectivity index (χ0n) is 23.2. The lowest BCUT2D eigenvalue weighted by molar-refractivity contribution is -0.274. The Morgan fingerprint density at radius 3 is 2.43 bits per heavy atom. The van der Waals surface area contributed by atoms with Gasteiger partial charge in [-0.15, -0.1) is 29.6 Å². The standard InChI is InChI=1S/C31H28F3N5O2S/c1-20(2)26-6-4-5-7-27(26)39-21(3)18-42-30(39)36-28(40)17-10-22-8-11-23(12-9-22)29-35-19-38(37-29)24-13-15-25(16-14-24)41-31(32,33)34/h4-9,11-16,18-20H,10,17H2,1-3H3. The normalized spacial score (nSPS) is 12.2. The van der Waals surface area contributed by atoms with Crippen LogP contribution < -0.4 is 9.54 Å². The fraction of sp³-hybridized carbons (Fsp3) is 0.226. The third-order valence-corrected chi connectivity index (χ3v) is 7.51. The van der Waals surface area contributed by atoms with Gasteiger partial charge in [-0.25, -0.2) is 9.67 Å². The Labute approximate surface area is 244 Å². The summed E-state index contributed by atoms with van der Waals surface area (Å²) >= 11 is 1.45. The Morgan fingerprint density at radius 2 is 1.74 bits per heavy atom. The van der Waals surface area contributed by atoms with Crippen molar-refractivity contribution in [3.8, 4) is 28.5 Å². The maximum absolute atomic E-state index is 12.9. The summed E-state index contributed by atoms with van der Waals surface area (Å²) in [6.07, 6.45) is -2.46. The van der Waals surface area contributed by atoms with Gasteiger partial charge in [0.2, 0.25) is 5.91 Å². The van der Waals surface area contributed by atoms with Crippen molar-refractivity contribution in [3.05, 3.63) is 106 Å². The first-order valence-corrected chi connectivity index (χ1v) is 14.2. The molecular weight excluding hydrogens is 563 g/mol. The summed E-state index contributed by atoms with van der Waals surface area (Å²) in [6.45, 7) is 6.31. The van der Waals surface area contributed by atoms with Crippen LogP contribution in [-0.4, -0.2) is 31.6 Å². The van der Waals surface area contributed by atoms with Gasteiger partial charge in [-0.05, 0) is 60.7 Å². The molecule has 5 rings (SSSR count). The van der Waals surface area contributed by atoms with E-state index < -0.39 is 6.36 Å². The monoisotopic (exact) mass is 591 g/mol. The van der Waals surface area contributed by atoms with E-state index in [-0.39, 0.29) is 18.1 Å². The number of nitrogens with zero attached hydrogens (tertiary/aromatic N) is 5. The van der Waals surface area contributed by atoms with Crippen molar-refractivity contribution < 1.29 is 22.7 Å². The minimum atomic E-state index is -4.75. The summed E-state index contributed by atoms with van der Waals surface area (Å²) in [7, 11) is 0. The van der Waals surface area contributed by atoms with E-state index in [1.807, 2.05) is 53.3 Å². The number of carbonyl (C=O) groups is 1. The Bertz CT molecular complexity index is 1750. The summed E-state index contributed by atoms with van der Waals surface area (Å²) in [5.74, 6) is 0.290. The first-order chi connectivity index (χ1) is 20.1. The number of amides is 1. The number of aromatic nitrogens is 4. The van der Waals surface area contributed by atoms with Gasteiger partial charge < -0.3 is 4.74 Å². The minimum absolute atomic E-state index is 0.191. The summed E-state index contributed by atoms with van der Waals surface area (Å²) in [6, 6.07) is 21.1. The van der Waals surface area contributed by atoms with Gasteiger partial charge in [0.05, 0.1) is 11.4 Å². The third-order valence-electron chi connectivity index (χ3n) is 6.57. The lowest BCUT2D eigenvalue weighted by Crippen LogP contribution is -2.18. The number of para-hydroxylation sites is 1. The van der Waals surface area contributed by atoms with Crippen LogP contribution in [0.15, 0.2) is 89.5 Å². The maximum Gasteiger partial charge on any atom is 0.573 e. The van der Waals surface area contributed by atoms with Crippen LogP contribution in [0.5, 0.6) is 5.75 Å². The van der Waals surface area contributed by atoms with Gasteiger partial charge in [0, 0.05) is 23.1 Å². The lowest BCUT2D eigenvalue weighted by atomic mass is 10.0. The van der Waals surface area contributed by atoms with Crippen LogP contribution in [0.25, 0.3) is 22.8 Å². The molecule has 0 atom stereocenters. The number of hydrogen-bond donors (Lipinski definition) is 0. The van der Waals surface area contributed by atoms with E-state index in [0.29, 0.717) is 28.7 Å². The average Bonchev–Trinajstić information content (AvgIpc) is 3.59. The molecule has 2 heterocycles. The topological polar surface area (TPSA) is 74.3 Å². The molecule has 0 radical (unpaired) electrons. The number of rotatable bonds is 8. The highest BCUT2D eigenvalue weighted by Crippen LogP contribution is 2.25. The predicted octanol–water partition coefficient (Wildman–Crippen LogP) is 7.18. The largest absolute Gasteiger partial charge is 0.573 e. The Morgan fingerprint density at radius 1 is 1.02 bits per heavy atom. The number of carbonyl (C=O) groups excluding carboxylic acids is 1. The van der Waals surface area contributed by atoms with E-state index in [0.717, 1.165) is 22.5 Å². The van der Waals surface area contributed by atoms with Crippen LogP contribution in [-0.2, 0) is 11.2 Å². The number of aryl methyl sites for hydroxylation is 2. The summed E-state index contributed by atoms with van der Waals surface area (Å²) < 4.78 is 44.6. The molecular formula is C31H28F3N5O2S. The molecule has 0 aliphatic rings. The van der Waals surface area contributed by atoms with E-state index in [1.165, 1.54) is 52.2 Å². The molecule has 0 unspecified atom stereocenters. The van der Waals surface area contributed by atoms with E-state index in [1.54, 1.807) is 0 Å². The van der Waals surface area contributed by atoms with Gasteiger partial charge in [-0.3, -0.25) is 9.36 Å². The first-order valence-electron chi connectivity index (χ1n) is 13.3. The van der Waals surface area contributed by atoms with Gasteiger partial charge >= 0.3 is 6.36 Å². The Kier molecular flexibility index (Phi) is 8.39. The fourth-order valence-corrected chi connectivity index (χ4v) is 5.38. The Balaban J connectivity index is 1.24. The highest BCUT2D eigenvalue weighted by Gasteiger charge is 2.31. The van der Waals surface area contributed by atoms with Crippen LogP contribution in [0.1, 0.15) is 43.0 Å². The molecule has 1 amide bonds. The molecule has 5 aromatic rings. The van der Waals surface area contributed by atoms with E-state index in [9.17, 15) is 18.0 Å². The van der Waals surface area contributed by atoms with Crippen molar-refractivity contribution >= 4 is 17.2 Å². The summed E-state index contributed by atoms with van der Waals surface area (Å²) in [5.41, 5.74) is 5.54. The van der Waals surface area contributed by atoms with Crippen LogP contribution in [0.2, 0.25) is 0 Å². The van der Waals surface area contributed by atoms with Crippen LogP contribution in [0.4, 0.5) is 13.2 Å². The molecule has 216 valence electrons. The number of benzene rings is 3. The molecule has 11 heteroatoms. The molecule has 0 fully saturated rings. The van der Waals surface area contributed by atoms with Gasteiger partial charge in [-0.2, -0.15) is 4.99 Å². The average molecular weight is 592 g/mol. The molecule has 0 aliphatic carbocycles. The fourth-order valence-electron chi connectivity index (χ4n) is 4.50. The second kappa shape index (κ2) is 12.2. The zero-order chi connectivity index (χ0) is 29.9. The van der Waals surface area contributed by atoms with Crippen LogP contribution in [0.3, 0.4) is 0 Å². The Hall–Kier alpha value is -4.51. The number of halogens is 3. The highest BCUT2D eigenvalue weighted by molar-refractivity contribution is 7.07. The lowest BCUT2D eigenvalue weighted by Gasteiger charge is -2.14. The maximum atomic E-state index is 12.9. The molecule has 42 heavy (non-hydrogen) atoms. The molecule has 0 saturated heterocycles. The molecule has 0 bridgehead atoms. The van der Waals surface area contributed by atoms with Crippen molar-refractivity contribution in [1.82, 2.24) is 19.3 Å². The van der Waals surface area contributed by atoms with Crippen molar-refractivity contribution in [3.63, 3.8) is 0 Å². The van der Waals surface area contributed by atoms with Crippen LogP contribution in [0, 0.1) is 6.92 Å². The highest BCUT2D eigenvalue weighted by atomic mass is 32.1. The van der Waals surface area contributed by atoms with Crippen molar-refractivity contribution in [2.45, 2.75) is 45.9 Å². The van der Waals surface area contributed by atoms with Crippen molar-refractivity contribution in [2.24, 2.45) is 4.99 Å². The first kappa shape index (κ1) is 29.0. The van der Waals surface area contributed by atoms with Crippen molar-refractivity contribution in [1.29, 1.82) is 0 Å². The van der Waals surface area contributed by atoms with Gasteiger partial charge in [0.1, 0.15) is 12.1 Å². The molecule has 0 N–H and O–H groups in total. The summed E-state index contributed by atoms with van der Waals surface area (Å²) in [4.78, 5) is 22.3. The summed E-state index contributed by atoms with van der Waals surface area (Å²) in [5, 5.41) is 6.44. The quantitative estimate of drug-likeness (QED) is 0.192. The smallest absolute Gasteiger partial charge is 0.406 e. The van der Waals surface area contributed by atoms with E-state index in [2.05, 4.69) is 45.8 Å².